The summed E-state index contributed by atoms with van der Waals surface area (Å²) in [5, 5.41) is 12.2. The standard InChI is InChI=1S/C27H23F3N4O4/c28-16-12-21-25(31-14-16)33(19-7-10-22(29)23(30)13-19)27(38)34(26(21)37)18-5-3-17(4-6-18)32-24(36)11-15-1-8-20(35)9-2-15/h1-2,7-10,12-14,17-18,35H,3-6,11H2,(H,32,36)/t17-,18+. The van der Waals surface area contributed by atoms with Gasteiger partial charge in [0, 0.05) is 18.2 Å². The maximum atomic E-state index is 14.0. The second-order valence-electron chi connectivity index (χ2n) is 9.33. The molecule has 1 fully saturated rings. The van der Waals surface area contributed by atoms with E-state index in [9.17, 15) is 32.7 Å². The molecule has 4 aromatic rings. The number of pyridine rings is 1. The highest BCUT2D eigenvalue weighted by Gasteiger charge is 2.28. The van der Waals surface area contributed by atoms with Crippen molar-refractivity contribution in [2.75, 3.05) is 0 Å². The lowest BCUT2D eigenvalue weighted by molar-refractivity contribution is -0.121. The number of carbonyl (C=O) groups is 1. The molecule has 11 heteroatoms. The molecule has 5 rings (SSSR count). The Morgan fingerprint density at radius 3 is 2.37 bits per heavy atom. The highest BCUT2D eigenvalue weighted by Crippen LogP contribution is 2.28. The summed E-state index contributed by atoms with van der Waals surface area (Å²) in [6.45, 7) is 0. The lowest BCUT2D eigenvalue weighted by Gasteiger charge is -2.30. The van der Waals surface area contributed by atoms with E-state index in [0.29, 0.717) is 25.7 Å². The minimum absolute atomic E-state index is 0.0538. The van der Waals surface area contributed by atoms with E-state index in [1.165, 1.54) is 18.2 Å². The Kier molecular flexibility index (Phi) is 6.75. The van der Waals surface area contributed by atoms with Gasteiger partial charge in [-0.15, -0.1) is 0 Å². The van der Waals surface area contributed by atoms with E-state index in [1.54, 1.807) is 12.1 Å². The number of fused-ring (bicyclic) bond motifs is 1. The van der Waals surface area contributed by atoms with E-state index in [4.69, 9.17) is 0 Å². The van der Waals surface area contributed by atoms with Gasteiger partial charge in [0.15, 0.2) is 17.3 Å². The summed E-state index contributed by atoms with van der Waals surface area (Å²) < 4.78 is 43.6. The monoisotopic (exact) mass is 524 g/mol. The number of hydrogen-bond donors (Lipinski definition) is 2. The Balaban J connectivity index is 1.42. The van der Waals surface area contributed by atoms with E-state index < -0.39 is 34.7 Å². The molecule has 0 bridgehead atoms. The largest absolute Gasteiger partial charge is 0.508 e. The van der Waals surface area contributed by atoms with Crippen LogP contribution in [0.25, 0.3) is 16.7 Å². The lowest BCUT2D eigenvalue weighted by atomic mass is 9.90. The molecule has 0 atom stereocenters. The van der Waals surface area contributed by atoms with Gasteiger partial charge >= 0.3 is 5.69 Å². The van der Waals surface area contributed by atoms with E-state index in [-0.39, 0.29) is 40.8 Å². The van der Waals surface area contributed by atoms with Gasteiger partial charge in [-0.3, -0.25) is 14.2 Å². The quantitative estimate of drug-likeness (QED) is 0.416. The van der Waals surface area contributed by atoms with Crippen LogP contribution in [0.5, 0.6) is 5.75 Å². The van der Waals surface area contributed by atoms with Gasteiger partial charge in [0.2, 0.25) is 5.91 Å². The van der Waals surface area contributed by atoms with Crippen LogP contribution >= 0.6 is 0 Å². The van der Waals surface area contributed by atoms with Crippen molar-refractivity contribution in [3.63, 3.8) is 0 Å². The predicted molar refractivity (Wildman–Crippen MR) is 133 cm³/mol. The normalized spacial score (nSPS) is 17.4. The molecule has 196 valence electrons. The summed E-state index contributed by atoms with van der Waals surface area (Å²) in [5.74, 6) is -3.16. The molecule has 1 amide bonds. The number of carbonyl (C=O) groups excluding carboxylic acids is 1. The average Bonchev–Trinajstić information content (AvgIpc) is 2.89. The topological polar surface area (TPSA) is 106 Å². The van der Waals surface area contributed by atoms with E-state index in [1.807, 2.05) is 0 Å². The molecule has 2 aromatic carbocycles. The van der Waals surface area contributed by atoms with E-state index >= 15 is 0 Å². The van der Waals surface area contributed by atoms with E-state index in [0.717, 1.165) is 39.1 Å². The van der Waals surface area contributed by atoms with Gasteiger partial charge in [0.05, 0.1) is 23.7 Å². The number of aromatic hydroxyl groups is 1. The average molecular weight is 524 g/mol. The Hall–Kier alpha value is -4.41. The first-order valence-electron chi connectivity index (χ1n) is 12.1. The summed E-state index contributed by atoms with van der Waals surface area (Å²) in [7, 11) is 0. The molecule has 1 aliphatic rings. The van der Waals surface area contributed by atoms with Crippen LogP contribution in [0.2, 0.25) is 0 Å². The summed E-state index contributed by atoms with van der Waals surface area (Å²) in [5.41, 5.74) is -1.00. The molecule has 0 unspecified atom stereocenters. The molecule has 8 nitrogen and oxygen atoms in total. The Morgan fingerprint density at radius 1 is 0.974 bits per heavy atom. The van der Waals surface area contributed by atoms with Crippen molar-refractivity contribution in [3.8, 4) is 11.4 Å². The highest BCUT2D eigenvalue weighted by molar-refractivity contribution is 5.79. The second kappa shape index (κ2) is 10.2. The van der Waals surface area contributed by atoms with Crippen molar-refractivity contribution in [1.29, 1.82) is 0 Å². The highest BCUT2D eigenvalue weighted by atomic mass is 19.2. The molecule has 1 aliphatic carbocycles. The van der Waals surface area contributed by atoms with Gasteiger partial charge in [-0.2, -0.15) is 0 Å². The maximum absolute atomic E-state index is 14.0. The molecule has 0 radical (unpaired) electrons. The Labute approximate surface area is 214 Å². The van der Waals surface area contributed by atoms with Gasteiger partial charge < -0.3 is 10.4 Å². The van der Waals surface area contributed by atoms with Crippen LogP contribution in [0.4, 0.5) is 13.2 Å². The fraction of sp³-hybridized carbons (Fsp3) is 0.259. The number of halogens is 3. The third-order valence-corrected chi connectivity index (χ3v) is 6.78. The number of benzene rings is 2. The smallest absolute Gasteiger partial charge is 0.337 e. The number of nitrogens with one attached hydrogen (secondary N) is 1. The molecule has 1 saturated carbocycles. The number of aromatic nitrogens is 3. The number of hydrogen-bond acceptors (Lipinski definition) is 5. The fourth-order valence-electron chi connectivity index (χ4n) is 4.92. The lowest BCUT2D eigenvalue weighted by Crippen LogP contribution is -2.45. The first-order valence-corrected chi connectivity index (χ1v) is 12.1. The molecular weight excluding hydrogens is 501 g/mol. The maximum Gasteiger partial charge on any atom is 0.337 e. The van der Waals surface area contributed by atoms with Crippen molar-refractivity contribution in [2.24, 2.45) is 0 Å². The zero-order valence-electron chi connectivity index (χ0n) is 20.0. The number of amides is 1. The van der Waals surface area contributed by atoms with Gasteiger partial charge in [-0.25, -0.2) is 27.5 Å². The Morgan fingerprint density at radius 2 is 1.68 bits per heavy atom. The molecule has 0 spiro atoms. The number of nitrogens with zero attached hydrogens (tertiary/aromatic N) is 3. The van der Waals surface area contributed by atoms with Crippen molar-refractivity contribution in [3.05, 3.63) is 98.6 Å². The van der Waals surface area contributed by atoms with Crippen LogP contribution in [-0.2, 0) is 11.2 Å². The number of phenolic OH excluding ortho intramolecular Hbond substituents is 1. The SMILES string of the molecule is O=C(Cc1ccc(O)cc1)N[C@H]1CC[C@@H](n2c(=O)c3cc(F)cnc3n(-c3ccc(F)c(F)c3)c2=O)CC1. The van der Waals surface area contributed by atoms with Crippen molar-refractivity contribution >= 4 is 16.9 Å². The molecule has 38 heavy (non-hydrogen) atoms. The van der Waals surface area contributed by atoms with Gasteiger partial charge in [-0.05, 0) is 61.6 Å². The van der Waals surface area contributed by atoms with E-state index in [2.05, 4.69) is 10.3 Å². The fourth-order valence-corrected chi connectivity index (χ4v) is 4.92. The summed E-state index contributed by atoms with van der Waals surface area (Å²) in [6, 6.07) is 9.43. The zero-order valence-corrected chi connectivity index (χ0v) is 20.0. The predicted octanol–water partition coefficient (Wildman–Crippen LogP) is 3.51. The van der Waals surface area contributed by atoms with Crippen LogP contribution in [0.3, 0.4) is 0 Å². The molecular formula is C27H23F3N4O4. The second-order valence-corrected chi connectivity index (χ2v) is 9.33. The summed E-state index contributed by atoms with van der Waals surface area (Å²) in [6.07, 6.45) is 2.72. The van der Waals surface area contributed by atoms with Crippen LogP contribution < -0.4 is 16.6 Å². The summed E-state index contributed by atoms with van der Waals surface area (Å²) in [4.78, 5) is 43.2. The zero-order chi connectivity index (χ0) is 27.0. The van der Waals surface area contributed by atoms with Crippen molar-refractivity contribution in [1.82, 2.24) is 19.4 Å². The van der Waals surface area contributed by atoms with Gasteiger partial charge in [0.25, 0.3) is 5.56 Å². The van der Waals surface area contributed by atoms with Crippen LogP contribution in [0, 0.1) is 17.5 Å². The van der Waals surface area contributed by atoms with Crippen LogP contribution in [-0.4, -0.2) is 31.2 Å². The summed E-state index contributed by atoms with van der Waals surface area (Å²) >= 11 is 0. The van der Waals surface area contributed by atoms with Crippen LogP contribution in [0.1, 0.15) is 37.3 Å². The minimum Gasteiger partial charge on any atom is -0.508 e. The van der Waals surface area contributed by atoms with Crippen molar-refractivity contribution < 1.29 is 23.1 Å². The van der Waals surface area contributed by atoms with Crippen LogP contribution in [0.15, 0.2) is 64.3 Å². The molecule has 2 aromatic heterocycles. The number of rotatable bonds is 5. The van der Waals surface area contributed by atoms with Crippen molar-refractivity contribution in [2.45, 2.75) is 44.2 Å². The molecule has 2 heterocycles. The molecule has 2 N–H and O–H groups in total. The molecule has 0 aliphatic heterocycles. The van der Waals surface area contributed by atoms with Gasteiger partial charge in [0.1, 0.15) is 11.6 Å². The molecule has 0 saturated heterocycles. The first-order chi connectivity index (χ1) is 18.2. The van der Waals surface area contributed by atoms with Gasteiger partial charge in [-0.1, -0.05) is 12.1 Å². The first kappa shape index (κ1) is 25.2. The third kappa shape index (κ3) is 4.91. The minimum atomic E-state index is -1.19. The third-order valence-electron chi connectivity index (χ3n) is 6.78. The number of phenols is 1. The Bertz CT molecular complexity index is 1640.